The second-order valence-electron chi connectivity index (χ2n) is 1.92. The fourth-order valence-electron chi connectivity index (χ4n) is 0.808. The zero-order valence-electron chi connectivity index (χ0n) is 5.20. The van der Waals surface area contributed by atoms with Crippen LogP contribution in [0.3, 0.4) is 0 Å². The maximum atomic E-state index is 4.02. The molecule has 0 amide bonds. The highest BCUT2D eigenvalue weighted by Gasteiger charge is 1.86. The molecule has 2 heteroatoms. The van der Waals surface area contributed by atoms with Gasteiger partial charge in [0.15, 0.2) is 0 Å². The molecule has 0 fully saturated rings. The van der Waals surface area contributed by atoms with E-state index in [9.17, 15) is 0 Å². The van der Waals surface area contributed by atoms with E-state index in [0.717, 1.165) is 10.9 Å². The van der Waals surface area contributed by atoms with Crippen LogP contribution in [-0.2, 0) is 0 Å². The Bertz CT molecular complexity index is 278. The third kappa shape index (κ3) is 0.688. The first kappa shape index (κ1) is 5.19. The highest BCUT2D eigenvalue weighted by Crippen LogP contribution is 2.02. The lowest BCUT2D eigenvalue weighted by molar-refractivity contribution is 1.22. The summed E-state index contributed by atoms with van der Waals surface area (Å²) in [6, 6.07) is 9.40. The van der Waals surface area contributed by atoms with Gasteiger partial charge in [0, 0.05) is 6.20 Å². The summed E-state index contributed by atoms with van der Waals surface area (Å²) in [4.78, 5) is 7.87. The van der Waals surface area contributed by atoms with Gasteiger partial charge in [0.05, 0.1) is 10.9 Å². The molecule has 1 aromatic carbocycles. The van der Waals surface area contributed by atoms with E-state index in [4.69, 9.17) is 0 Å². The summed E-state index contributed by atoms with van der Waals surface area (Å²) in [5.74, 6) is 0. The third-order valence-corrected chi connectivity index (χ3v) is 1.27. The number of aromatic nitrogens is 2. The molecule has 0 saturated heterocycles. The average molecular weight is 128 g/mol. The van der Waals surface area contributed by atoms with Crippen molar-refractivity contribution in [3.8, 4) is 0 Å². The quantitative estimate of drug-likeness (QED) is 0.533. The van der Waals surface area contributed by atoms with Crippen molar-refractivity contribution in [3.63, 3.8) is 0 Å². The Morgan fingerprint density at radius 3 is 3.30 bits per heavy atom. The fourth-order valence-corrected chi connectivity index (χ4v) is 0.808. The van der Waals surface area contributed by atoms with Gasteiger partial charge >= 0.3 is 0 Å². The maximum Gasteiger partial charge on any atom is 0.116 e. The first-order valence-corrected chi connectivity index (χ1v) is 2.95. The molecule has 46 valence electrons. The molecule has 0 aliphatic carbocycles. The molecule has 0 unspecified atom stereocenters. The predicted molar refractivity (Wildman–Crippen MR) is 37.2 cm³/mol. The highest BCUT2D eigenvalue weighted by molar-refractivity contribution is 5.74. The summed E-state index contributed by atoms with van der Waals surface area (Å²) in [7, 11) is 0. The van der Waals surface area contributed by atoms with Crippen LogP contribution < -0.4 is 0 Å². The molecule has 1 heterocycles. The second-order valence-corrected chi connectivity index (χ2v) is 1.92. The lowest BCUT2D eigenvalue weighted by Crippen LogP contribution is -1.76. The van der Waals surface area contributed by atoms with Gasteiger partial charge in [-0.1, -0.05) is 12.1 Å². The van der Waals surface area contributed by atoms with Gasteiger partial charge in [-0.05, 0) is 12.1 Å². The molecule has 2 aromatic rings. The van der Waals surface area contributed by atoms with Crippen LogP contribution in [0.25, 0.3) is 10.9 Å². The Balaban J connectivity index is 2.89. The van der Waals surface area contributed by atoms with Crippen LogP contribution in [0.15, 0.2) is 24.7 Å². The zero-order chi connectivity index (χ0) is 6.81. The third-order valence-electron chi connectivity index (χ3n) is 1.27. The Hall–Kier alpha value is -1.62. The van der Waals surface area contributed by atoms with Gasteiger partial charge in [0.2, 0.25) is 0 Å². The summed E-state index contributed by atoms with van der Waals surface area (Å²) in [6.45, 7) is 0. The van der Waals surface area contributed by atoms with Gasteiger partial charge in [-0.3, -0.25) is 0 Å². The van der Waals surface area contributed by atoms with E-state index < -0.39 is 0 Å². The number of hydrogen-bond acceptors (Lipinski definition) is 2. The van der Waals surface area contributed by atoms with Crippen molar-refractivity contribution in [1.29, 1.82) is 0 Å². The van der Waals surface area contributed by atoms with E-state index in [2.05, 4.69) is 22.1 Å². The molecule has 2 nitrogen and oxygen atoms in total. The van der Waals surface area contributed by atoms with Crippen LogP contribution in [0.5, 0.6) is 0 Å². The van der Waals surface area contributed by atoms with E-state index in [-0.39, 0.29) is 0 Å². The van der Waals surface area contributed by atoms with Gasteiger partial charge in [0.1, 0.15) is 6.33 Å². The lowest BCUT2D eigenvalue weighted by Gasteiger charge is -1.86. The van der Waals surface area contributed by atoms with Crippen molar-refractivity contribution in [2.75, 3.05) is 0 Å². The summed E-state index contributed by atoms with van der Waals surface area (Å²) >= 11 is 0. The van der Waals surface area contributed by atoms with Gasteiger partial charge in [-0.15, -0.1) is 0 Å². The molecule has 10 heavy (non-hydrogen) atoms. The van der Waals surface area contributed by atoms with Crippen molar-refractivity contribution < 1.29 is 0 Å². The Labute approximate surface area is 58.6 Å². The van der Waals surface area contributed by atoms with Crippen LogP contribution in [0.4, 0.5) is 0 Å². The number of rotatable bonds is 0. The van der Waals surface area contributed by atoms with E-state index in [1.807, 2.05) is 6.07 Å². The fraction of sp³-hybridized carbons (Fsp3) is 0. The van der Waals surface area contributed by atoms with Gasteiger partial charge < -0.3 is 0 Å². The topological polar surface area (TPSA) is 25.8 Å². The molecule has 0 atom stereocenters. The molecule has 0 N–H and O–H groups in total. The van der Waals surface area contributed by atoms with Crippen LogP contribution in [0.2, 0.25) is 0 Å². The van der Waals surface area contributed by atoms with Crippen molar-refractivity contribution in [3.05, 3.63) is 36.8 Å². The van der Waals surface area contributed by atoms with E-state index in [0.29, 0.717) is 0 Å². The summed E-state index contributed by atoms with van der Waals surface area (Å²) in [6.07, 6.45) is 3.25. The van der Waals surface area contributed by atoms with E-state index >= 15 is 0 Å². The van der Waals surface area contributed by atoms with Gasteiger partial charge in [-0.2, -0.15) is 0 Å². The maximum absolute atomic E-state index is 4.02. The van der Waals surface area contributed by atoms with Crippen molar-refractivity contribution in [2.45, 2.75) is 0 Å². The normalized spacial score (nSPS) is 9.20. The Kier molecular flexibility index (Phi) is 1.02. The zero-order valence-corrected chi connectivity index (χ0v) is 5.20. The van der Waals surface area contributed by atoms with Crippen LogP contribution >= 0.6 is 0 Å². The summed E-state index contributed by atoms with van der Waals surface area (Å²) in [5, 5.41) is 0.907. The average Bonchev–Trinajstić information content (AvgIpc) is 2.05. The molecule has 0 radical (unpaired) electrons. The van der Waals surface area contributed by atoms with Crippen LogP contribution in [-0.4, -0.2) is 9.97 Å². The minimum absolute atomic E-state index is 0.907. The summed E-state index contributed by atoms with van der Waals surface area (Å²) in [5.41, 5.74) is 0.911. The second kappa shape index (κ2) is 1.96. The number of nitrogens with zero attached hydrogens (tertiary/aromatic N) is 2. The van der Waals surface area contributed by atoms with Crippen molar-refractivity contribution in [2.24, 2.45) is 0 Å². The predicted octanol–water partition coefficient (Wildman–Crippen LogP) is 1.23. The monoisotopic (exact) mass is 128 g/mol. The largest absolute Gasteiger partial charge is 0.243 e. The number of hydrogen-bond donors (Lipinski definition) is 0. The van der Waals surface area contributed by atoms with E-state index in [1.54, 1.807) is 12.3 Å². The molecule has 1 aromatic heterocycles. The smallest absolute Gasteiger partial charge is 0.116 e. The van der Waals surface area contributed by atoms with E-state index in [1.165, 1.54) is 6.33 Å². The molecule has 0 saturated carbocycles. The molecule has 0 aliphatic heterocycles. The molecule has 2 rings (SSSR count). The molecular formula is C8H4N2. The number of fused-ring (bicyclic) bond motifs is 1. The highest BCUT2D eigenvalue weighted by atomic mass is 14.8. The Morgan fingerprint density at radius 2 is 2.40 bits per heavy atom. The lowest BCUT2D eigenvalue weighted by atomic mass is 10.3. The van der Waals surface area contributed by atoms with Crippen LogP contribution in [0, 0.1) is 12.1 Å². The van der Waals surface area contributed by atoms with Crippen LogP contribution in [0.1, 0.15) is 0 Å². The minimum Gasteiger partial charge on any atom is -0.243 e. The van der Waals surface area contributed by atoms with Gasteiger partial charge in [-0.25, -0.2) is 9.97 Å². The Morgan fingerprint density at radius 1 is 1.40 bits per heavy atom. The molecule has 0 bridgehead atoms. The van der Waals surface area contributed by atoms with Crippen molar-refractivity contribution >= 4 is 10.9 Å². The van der Waals surface area contributed by atoms with Gasteiger partial charge in [0.25, 0.3) is 0 Å². The molecule has 0 spiro atoms. The molecular weight excluding hydrogens is 124 g/mol. The standard InChI is InChI=1S/C8H4N2/c1-2-4-8-7(3-1)5-9-6-10-8/h2,4-6H. The molecule has 0 aliphatic rings. The van der Waals surface area contributed by atoms with Crippen molar-refractivity contribution in [1.82, 2.24) is 9.97 Å². The summed E-state index contributed by atoms with van der Waals surface area (Å²) < 4.78 is 0. The SMILES string of the molecule is c1ccc2ncncc2c#1. The first-order valence-electron chi connectivity index (χ1n) is 2.95. The minimum atomic E-state index is 0.907. The first-order chi connectivity index (χ1) is 4.97.